The van der Waals surface area contributed by atoms with E-state index in [1.54, 1.807) is 30.3 Å². The third-order valence-electron chi connectivity index (χ3n) is 2.68. The predicted octanol–water partition coefficient (Wildman–Crippen LogP) is 3.49. The Kier molecular flexibility index (Phi) is 7.00. The van der Waals surface area contributed by atoms with E-state index < -0.39 is 0 Å². The average molecular weight is 296 g/mol. The van der Waals surface area contributed by atoms with Crippen molar-refractivity contribution in [3.8, 4) is 6.07 Å². The number of hydrogen-bond acceptors (Lipinski definition) is 3. The zero-order valence-electron chi connectivity index (χ0n) is 12.8. The summed E-state index contributed by atoms with van der Waals surface area (Å²) >= 11 is 0. The van der Waals surface area contributed by atoms with Crippen molar-refractivity contribution in [1.82, 2.24) is 5.32 Å². The molecule has 5 nitrogen and oxygen atoms in total. The average Bonchev–Trinajstić information content (AvgIpc) is 2.56. The van der Waals surface area contributed by atoms with Crippen LogP contribution in [0.5, 0.6) is 0 Å². The van der Waals surface area contributed by atoms with E-state index in [9.17, 15) is 4.79 Å². The van der Waals surface area contributed by atoms with E-state index in [1.807, 2.05) is 38.1 Å². The molecule has 114 valence electrons. The molecule has 0 unspecified atom stereocenters. The largest absolute Gasteiger partial charge is 0.399 e. The number of anilines is 2. The molecule has 0 saturated heterocycles. The third-order valence-corrected chi connectivity index (χ3v) is 2.68. The fourth-order valence-electron chi connectivity index (χ4n) is 1.69. The Morgan fingerprint density at radius 1 is 1.18 bits per heavy atom. The standard InChI is InChI=1S/C15H14N4O.C2H6/c16-9-11-4-6-14(7-5-11)19-15(20)18-10-12-2-1-3-13(17)8-12;1-2/h1-8H,10,17H2,(H2,18,19,20);1-2H3. The summed E-state index contributed by atoms with van der Waals surface area (Å²) in [6.45, 7) is 4.40. The summed E-state index contributed by atoms with van der Waals surface area (Å²) in [6.07, 6.45) is 0. The smallest absolute Gasteiger partial charge is 0.319 e. The Bertz CT molecular complexity index is 644. The molecule has 0 fully saturated rings. The number of urea groups is 1. The quantitative estimate of drug-likeness (QED) is 0.757. The number of nitriles is 1. The molecule has 0 aliphatic heterocycles. The van der Waals surface area contributed by atoms with Gasteiger partial charge in [0.1, 0.15) is 0 Å². The van der Waals surface area contributed by atoms with E-state index in [0.29, 0.717) is 23.5 Å². The maximum Gasteiger partial charge on any atom is 0.319 e. The van der Waals surface area contributed by atoms with Crippen LogP contribution in [0, 0.1) is 11.3 Å². The number of nitrogen functional groups attached to an aromatic ring is 1. The number of carbonyl (C=O) groups excluding carboxylic acids is 1. The fourth-order valence-corrected chi connectivity index (χ4v) is 1.69. The molecule has 0 atom stereocenters. The van der Waals surface area contributed by atoms with E-state index in [1.165, 1.54) is 0 Å². The number of hydrogen-bond donors (Lipinski definition) is 3. The van der Waals surface area contributed by atoms with Crippen LogP contribution in [0.15, 0.2) is 48.5 Å². The summed E-state index contributed by atoms with van der Waals surface area (Å²) in [6, 6.07) is 15.7. The van der Waals surface area contributed by atoms with Crippen LogP contribution in [0.4, 0.5) is 16.2 Å². The second kappa shape index (κ2) is 9.03. The number of nitrogens with two attached hydrogens (primary N) is 1. The van der Waals surface area contributed by atoms with Gasteiger partial charge in [0.05, 0.1) is 11.6 Å². The molecule has 2 aromatic rings. The van der Waals surface area contributed by atoms with Gasteiger partial charge in [-0.3, -0.25) is 0 Å². The highest BCUT2D eigenvalue weighted by Crippen LogP contribution is 2.09. The summed E-state index contributed by atoms with van der Waals surface area (Å²) < 4.78 is 0. The number of benzene rings is 2. The summed E-state index contributed by atoms with van der Waals surface area (Å²) in [7, 11) is 0. The first-order valence-corrected chi connectivity index (χ1v) is 7.07. The van der Waals surface area contributed by atoms with Crippen molar-refractivity contribution in [2.45, 2.75) is 20.4 Å². The predicted molar refractivity (Wildman–Crippen MR) is 89.2 cm³/mol. The highest BCUT2D eigenvalue weighted by molar-refractivity contribution is 5.89. The Labute approximate surface area is 130 Å². The van der Waals surface area contributed by atoms with Crippen LogP contribution < -0.4 is 16.4 Å². The van der Waals surface area contributed by atoms with Gasteiger partial charge in [-0.1, -0.05) is 26.0 Å². The van der Waals surface area contributed by atoms with Gasteiger partial charge in [-0.25, -0.2) is 4.79 Å². The van der Waals surface area contributed by atoms with Crippen LogP contribution in [-0.4, -0.2) is 6.03 Å². The highest BCUT2D eigenvalue weighted by Gasteiger charge is 2.02. The fraction of sp³-hybridized carbons (Fsp3) is 0.176. The molecule has 5 heteroatoms. The van der Waals surface area contributed by atoms with Crippen molar-refractivity contribution >= 4 is 17.4 Å². The number of rotatable bonds is 3. The normalized spacial score (nSPS) is 8.95. The molecule has 2 aromatic carbocycles. The van der Waals surface area contributed by atoms with Gasteiger partial charge in [0, 0.05) is 17.9 Å². The Hall–Kier alpha value is -3.00. The van der Waals surface area contributed by atoms with Gasteiger partial charge in [0.25, 0.3) is 0 Å². The van der Waals surface area contributed by atoms with Crippen LogP contribution >= 0.6 is 0 Å². The molecular weight excluding hydrogens is 276 g/mol. The van der Waals surface area contributed by atoms with Gasteiger partial charge in [-0.05, 0) is 42.0 Å². The lowest BCUT2D eigenvalue weighted by Crippen LogP contribution is -2.28. The Balaban J connectivity index is 0.00000116. The molecule has 4 N–H and O–H groups in total. The number of nitrogens with zero attached hydrogens (tertiary/aromatic N) is 1. The monoisotopic (exact) mass is 296 g/mol. The minimum absolute atomic E-state index is 0.308. The lowest BCUT2D eigenvalue weighted by molar-refractivity contribution is 0.251. The van der Waals surface area contributed by atoms with E-state index in [-0.39, 0.29) is 6.03 Å². The number of carbonyl (C=O) groups is 1. The summed E-state index contributed by atoms with van der Waals surface area (Å²) in [4.78, 5) is 11.7. The lowest BCUT2D eigenvalue weighted by atomic mass is 10.2. The van der Waals surface area contributed by atoms with Gasteiger partial charge >= 0.3 is 6.03 Å². The van der Waals surface area contributed by atoms with Gasteiger partial charge in [0.2, 0.25) is 0 Å². The number of nitrogens with one attached hydrogen (secondary N) is 2. The third kappa shape index (κ3) is 5.55. The SMILES string of the molecule is CC.N#Cc1ccc(NC(=O)NCc2cccc(N)c2)cc1. The van der Waals surface area contributed by atoms with E-state index in [0.717, 1.165) is 5.56 Å². The molecule has 0 aliphatic rings. The first-order chi connectivity index (χ1) is 10.7. The Morgan fingerprint density at radius 3 is 2.45 bits per heavy atom. The van der Waals surface area contributed by atoms with E-state index >= 15 is 0 Å². The molecule has 0 heterocycles. The van der Waals surface area contributed by atoms with Crippen LogP contribution in [0.2, 0.25) is 0 Å². The molecule has 2 amide bonds. The summed E-state index contributed by atoms with van der Waals surface area (Å²) in [5.74, 6) is 0. The molecular formula is C17H20N4O. The van der Waals surface area contributed by atoms with Crippen molar-refractivity contribution in [2.75, 3.05) is 11.1 Å². The van der Waals surface area contributed by atoms with E-state index in [2.05, 4.69) is 10.6 Å². The zero-order chi connectivity index (χ0) is 16.4. The molecule has 0 saturated carbocycles. The van der Waals surface area contributed by atoms with Crippen molar-refractivity contribution < 1.29 is 4.79 Å². The first-order valence-electron chi connectivity index (χ1n) is 7.07. The topological polar surface area (TPSA) is 90.9 Å². The molecule has 0 bridgehead atoms. The molecule has 22 heavy (non-hydrogen) atoms. The van der Waals surface area contributed by atoms with Gasteiger partial charge in [-0.15, -0.1) is 0 Å². The summed E-state index contributed by atoms with van der Waals surface area (Å²) in [5, 5.41) is 14.1. The van der Waals surface area contributed by atoms with Gasteiger partial charge < -0.3 is 16.4 Å². The maximum atomic E-state index is 11.7. The van der Waals surface area contributed by atoms with Crippen LogP contribution in [-0.2, 0) is 6.54 Å². The second-order valence-corrected chi connectivity index (χ2v) is 4.24. The molecule has 2 rings (SSSR count). The molecule has 0 aromatic heterocycles. The van der Waals surface area contributed by atoms with Gasteiger partial charge in [0.15, 0.2) is 0 Å². The molecule has 0 radical (unpaired) electrons. The van der Waals surface area contributed by atoms with Crippen molar-refractivity contribution in [1.29, 1.82) is 5.26 Å². The summed E-state index contributed by atoms with van der Waals surface area (Å²) in [5.41, 5.74) is 8.44. The minimum atomic E-state index is -0.308. The minimum Gasteiger partial charge on any atom is -0.399 e. The van der Waals surface area contributed by atoms with Crippen LogP contribution in [0.25, 0.3) is 0 Å². The molecule has 0 aliphatic carbocycles. The number of amides is 2. The van der Waals surface area contributed by atoms with Crippen molar-refractivity contribution in [2.24, 2.45) is 0 Å². The van der Waals surface area contributed by atoms with Gasteiger partial charge in [-0.2, -0.15) is 5.26 Å². The van der Waals surface area contributed by atoms with Crippen LogP contribution in [0.3, 0.4) is 0 Å². The van der Waals surface area contributed by atoms with Crippen molar-refractivity contribution in [3.63, 3.8) is 0 Å². The second-order valence-electron chi connectivity index (χ2n) is 4.24. The van der Waals surface area contributed by atoms with Crippen LogP contribution in [0.1, 0.15) is 25.0 Å². The molecule has 0 spiro atoms. The first kappa shape index (κ1) is 17.1. The Morgan fingerprint density at radius 2 is 1.86 bits per heavy atom. The zero-order valence-corrected chi connectivity index (χ0v) is 12.8. The maximum absolute atomic E-state index is 11.7. The van der Waals surface area contributed by atoms with Crippen molar-refractivity contribution in [3.05, 3.63) is 59.7 Å². The highest BCUT2D eigenvalue weighted by atomic mass is 16.2. The lowest BCUT2D eigenvalue weighted by Gasteiger charge is -2.08. The van der Waals surface area contributed by atoms with E-state index in [4.69, 9.17) is 11.0 Å².